The van der Waals surface area contributed by atoms with Gasteiger partial charge in [-0.15, -0.1) is 0 Å². The second-order valence-corrected chi connectivity index (χ2v) is 6.23. The molecule has 1 aliphatic heterocycles. The molecular formula is C16H17BrN2O2. The fourth-order valence-electron chi connectivity index (χ4n) is 3.04. The maximum absolute atomic E-state index is 11.8. The van der Waals surface area contributed by atoms with Crippen LogP contribution in [0.25, 0.3) is 10.9 Å². The maximum Gasteiger partial charge on any atom is 0.336 e. The number of hydrogen-bond donors (Lipinski definition) is 1. The van der Waals surface area contributed by atoms with E-state index in [-0.39, 0.29) is 0 Å². The number of carbonyl (C=O) groups is 1. The first-order chi connectivity index (χ1) is 10.1. The van der Waals surface area contributed by atoms with Crippen LogP contribution in [0.3, 0.4) is 0 Å². The molecule has 1 aromatic heterocycles. The van der Waals surface area contributed by atoms with Crippen molar-refractivity contribution in [1.29, 1.82) is 0 Å². The van der Waals surface area contributed by atoms with E-state index in [9.17, 15) is 9.90 Å². The van der Waals surface area contributed by atoms with Crippen LogP contribution in [-0.4, -0.2) is 34.0 Å². The molecule has 0 saturated carbocycles. The number of aromatic nitrogens is 1. The summed E-state index contributed by atoms with van der Waals surface area (Å²) in [5, 5.41) is 10.4. The van der Waals surface area contributed by atoms with Crippen LogP contribution in [0.4, 0.5) is 0 Å². The molecule has 0 radical (unpaired) electrons. The molecule has 0 unspecified atom stereocenters. The van der Waals surface area contributed by atoms with Crippen molar-refractivity contribution in [3.8, 4) is 0 Å². The SMILES string of the molecule is CCCN1CCc2nc3c(Br)cccc3c(C(=O)O)c2C1. The van der Waals surface area contributed by atoms with E-state index in [2.05, 4.69) is 27.8 Å². The normalized spacial score (nSPS) is 15.1. The minimum absolute atomic E-state index is 0.414. The highest BCUT2D eigenvalue weighted by Crippen LogP contribution is 2.31. The zero-order valence-corrected chi connectivity index (χ0v) is 13.5. The van der Waals surface area contributed by atoms with E-state index in [1.165, 1.54) is 0 Å². The first-order valence-electron chi connectivity index (χ1n) is 7.17. The van der Waals surface area contributed by atoms with Crippen LogP contribution in [0.15, 0.2) is 22.7 Å². The smallest absolute Gasteiger partial charge is 0.336 e. The van der Waals surface area contributed by atoms with Gasteiger partial charge in [0.1, 0.15) is 0 Å². The lowest BCUT2D eigenvalue weighted by Gasteiger charge is -2.29. The minimum Gasteiger partial charge on any atom is -0.478 e. The van der Waals surface area contributed by atoms with Gasteiger partial charge in [-0.25, -0.2) is 4.79 Å². The van der Waals surface area contributed by atoms with Gasteiger partial charge in [-0.2, -0.15) is 0 Å². The van der Waals surface area contributed by atoms with Crippen molar-refractivity contribution in [1.82, 2.24) is 9.88 Å². The third-order valence-electron chi connectivity index (χ3n) is 3.95. The summed E-state index contributed by atoms with van der Waals surface area (Å²) in [5.41, 5.74) is 2.97. The molecule has 110 valence electrons. The lowest BCUT2D eigenvalue weighted by Crippen LogP contribution is -2.33. The van der Waals surface area contributed by atoms with Gasteiger partial charge in [-0.3, -0.25) is 9.88 Å². The largest absolute Gasteiger partial charge is 0.478 e. The molecule has 5 heteroatoms. The summed E-state index contributed by atoms with van der Waals surface area (Å²) in [5.74, 6) is -0.866. The van der Waals surface area contributed by atoms with Crippen LogP contribution in [0, 0.1) is 0 Å². The molecule has 1 aromatic carbocycles. The predicted molar refractivity (Wildman–Crippen MR) is 85.7 cm³/mol. The first-order valence-corrected chi connectivity index (χ1v) is 7.96. The lowest BCUT2D eigenvalue weighted by atomic mass is 9.96. The van der Waals surface area contributed by atoms with Gasteiger partial charge < -0.3 is 5.11 Å². The standard InChI is InChI=1S/C16H17BrN2O2/c1-2-7-19-8-6-13-11(9-19)14(16(20)21)10-4-3-5-12(17)15(10)18-13/h3-5H,2,6-9H2,1H3,(H,20,21). The van der Waals surface area contributed by atoms with Gasteiger partial charge in [-0.05, 0) is 35.0 Å². The Bertz CT molecular complexity index is 715. The zero-order valence-electron chi connectivity index (χ0n) is 11.9. The molecule has 1 aliphatic rings. The Morgan fingerprint density at radius 3 is 3.00 bits per heavy atom. The number of benzene rings is 1. The van der Waals surface area contributed by atoms with Crippen molar-refractivity contribution >= 4 is 32.8 Å². The highest BCUT2D eigenvalue weighted by atomic mass is 79.9. The summed E-state index contributed by atoms with van der Waals surface area (Å²) in [6.07, 6.45) is 1.89. The average molecular weight is 349 g/mol. The van der Waals surface area contributed by atoms with Crippen LogP contribution < -0.4 is 0 Å². The molecule has 2 aromatic rings. The second kappa shape index (κ2) is 5.73. The minimum atomic E-state index is -0.866. The number of carboxylic acids is 1. The monoisotopic (exact) mass is 348 g/mol. The molecule has 21 heavy (non-hydrogen) atoms. The third kappa shape index (κ3) is 2.56. The van der Waals surface area contributed by atoms with Gasteiger partial charge >= 0.3 is 5.97 Å². The fraction of sp³-hybridized carbons (Fsp3) is 0.375. The maximum atomic E-state index is 11.8. The number of carboxylic acid groups (broad SMARTS) is 1. The van der Waals surface area contributed by atoms with Gasteiger partial charge in [-0.1, -0.05) is 19.1 Å². The summed E-state index contributed by atoms with van der Waals surface area (Å²) in [7, 11) is 0. The molecule has 0 saturated heterocycles. The van der Waals surface area contributed by atoms with Crippen molar-refractivity contribution in [3.05, 3.63) is 39.5 Å². The van der Waals surface area contributed by atoms with Gasteiger partial charge in [0.15, 0.2) is 0 Å². The molecule has 0 atom stereocenters. The van der Waals surface area contributed by atoms with Crippen LogP contribution in [0.5, 0.6) is 0 Å². The lowest BCUT2D eigenvalue weighted by molar-refractivity contribution is 0.0695. The topological polar surface area (TPSA) is 53.4 Å². The molecule has 2 heterocycles. The zero-order chi connectivity index (χ0) is 15.0. The Kier molecular flexibility index (Phi) is 3.95. The number of fused-ring (bicyclic) bond motifs is 2. The highest BCUT2D eigenvalue weighted by Gasteiger charge is 2.25. The average Bonchev–Trinajstić information content (AvgIpc) is 2.45. The Balaban J connectivity index is 2.23. The number of aromatic carboxylic acids is 1. The van der Waals surface area contributed by atoms with E-state index in [0.29, 0.717) is 17.5 Å². The molecule has 0 spiro atoms. The Morgan fingerprint density at radius 1 is 1.48 bits per heavy atom. The van der Waals surface area contributed by atoms with E-state index < -0.39 is 5.97 Å². The second-order valence-electron chi connectivity index (χ2n) is 5.38. The quantitative estimate of drug-likeness (QED) is 0.922. The number of hydrogen-bond acceptors (Lipinski definition) is 3. The van der Waals surface area contributed by atoms with E-state index in [1.807, 2.05) is 18.2 Å². The number of nitrogens with zero attached hydrogens (tertiary/aromatic N) is 2. The highest BCUT2D eigenvalue weighted by molar-refractivity contribution is 9.10. The van der Waals surface area contributed by atoms with Gasteiger partial charge in [0, 0.05) is 40.6 Å². The predicted octanol–water partition coefficient (Wildman–Crippen LogP) is 3.46. The van der Waals surface area contributed by atoms with Gasteiger partial charge in [0.2, 0.25) is 0 Å². The van der Waals surface area contributed by atoms with Crippen LogP contribution >= 0.6 is 15.9 Å². The van der Waals surface area contributed by atoms with E-state index in [0.717, 1.165) is 47.2 Å². The molecule has 0 aliphatic carbocycles. The van der Waals surface area contributed by atoms with Crippen molar-refractivity contribution < 1.29 is 9.90 Å². The number of halogens is 1. The molecular weight excluding hydrogens is 332 g/mol. The van der Waals surface area contributed by atoms with Crippen molar-refractivity contribution in [3.63, 3.8) is 0 Å². The van der Waals surface area contributed by atoms with Gasteiger partial charge in [0.25, 0.3) is 0 Å². The number of pyridine rings is 1. The summed E-state index contributed by atoms with van der Waals surface area (Å²) in [6, 6.07) is 5.61. The Hall–Kier alpha value is -1.46. The van der Waals surface area contributed by atoms with Crippen LogP contribution in [0.1, 0.15) is 35.0 Å². The summed E-state index contributed by atoms with van der Waals surface area (Å²) in [4.78, 5) is 18.8. The molecule has 0 amide bonds. The third-order valence-corrected chi connectivity index (χ3v) is 4.59. The Labute approximate surface area is 131 Å². The van der Waals surface area contributed by atoms with Crippen molar-refractivity contribution in [2.45, 2.75) is 26.3 Å². The number of para-hydroxylation sites is 1. The van der Waals surface area contributed by atoms with Crippen LogP contribution in [0.2, 0.25) is 0 Å². The molecule has 3 rings (SSSR count). The van der Waals surface area contributed by atoms with E-state index >= 15 is 0 Å². The summed E-state index contributed by atoms with van der Waals surface area (Å²) in [6.45, 7) is 4.77. The fourth-order valence-corrected chi connectivity index (χ4v) is 3.49. The van der Waals surface area contributed by atoms with Crippen LogP contribution in [-0.2, 0) is 13.0 Å². The van der Waals surface area contributed by atoms with Gasteiger partial charge in [0.05, 0.1) is 11.1 Å². The van der Waals surface area contributed by atoms with E-state index in [1.54, 1.807) is 0 Å². The van der Waals surface area contributed by atoms with E-state index in [4.69, 9.17) is 4.98 Å². The van der Waals surface area contributed by atoms with Crippen molar-refractivity contribution in [2.24, 2.45) is 0 Å². The number of rotatable bonds is 3. The Morgan fingerprint density at radius 2 is 2.29 bits per heavy atom. The molecule has 1 N–H and O–H groups in total. The van der Waals surface area contributed by atoms with Crippen molar-refractivity contribution in [2.75, 3.05) is 13.1 Å². The molecule has 0 fully saturated rings. The molecule has 0 bridgehead atoms. The summed E-state index contributed by atoms with van der Waals surface area (Å²) < 4.78 is 0.848. The first kappa shape index (κ1) is 14.5. The summed E-state index contributed by atoms with van der Waals surface area (Å²) >= 11 is 3.48. The molecule has 4 nitrogen and oxygen atoms in total.